The van der Waals surface area contributed by atoms with E-state index in [0.717, 1.165) is 12.1 Å². The topological polar surface area (TPSA) is 60.7 Å². The van der Waals surface area contributed by atoms with E-state index in [4.69, 9.17) is 0 Å². The van der Waals surface area contributed by atoms with Crippen LogP contribution in [0.15, 0.2) is 46.6 Å². The van der Waals surface area contributed by atoms with Crippen LogP contribution in [0.2, 0.25) is 0 Å². The Labute approximate surface area is 131 Å². The third-order valence-corrected chi connectivity index (χ3v) is 3.60. The van der Waals surface area contributed by atoms with Crippen LogP contribution in [0.3, 0.4) is 0 Å². The first-order valence-electron chi connectivity index (χ1n) is 7.17. The molecule has 0 fully saturated rings. The Balaban J connectivity index is 1.99. The maximum absolute atomic E-state index is 13.7. The van der Waals surface area contributed by atoms with Crippen molar-refractivity contribution in [3.05, 3.63) is 53.6 Å². The summed E-state index contributed by atoms with van der Waals surface area (Å²) < 4.78 is 27.0. The lowest BCUT2D eigenvalue weighted by molar-refractivity contribution is 0.459. The van der Waals surface area contributed by atoms with Gasteiger partial charge in [0.2, 0.25) is 5.88 Å². The molecule has 0 saturated carbocycles. The fourth-order valence-electron chi connectivity index (χ4n) is 2.33. The van der Waals surface area contributed by atoms with E-state index in [0.29, 0.717) is 11.6 Å². The van der Waals surface area contributed by atoms with Gasteiger partial charge in [-0.15, -0.1) is 5.11 Å². The number of nitrogens with zero attached hydrogens (tertiary/aromatic N) is 2. The van der Waals surface area contributed by atoms with Crippen LogP contribution in [0.4, 0.5) is 20.2 Å². The zero-order chi connectivity index (χ0) is 16.6. The van der Waals surface area contributed by atoms with E-state index in [2.05, 4.69) is 29.1 Å². The van der Waals surface area contributed by atoms with E-state index in [1.807, 2.05) is 12.1 Å². The molecule has 0 saturated heterocycles. The number of aromatic hydroxyl groups is 1. The number of fused-ring (bicyclic) bond motifs is 1. The second-order valence-electron chi connectivity index (χ2n) is 5.58. The van der Waals surface area contributed by atoms with Crippen LogP contribution in [0.25, 0.3) is 10.9 Å². The number of azo groups is 1. The highest BCUT2D eigenvalue weighted by Crippen LogP contribution is 2.37. The van der Waals surface area contributed by atoms with E-state index in [-0.39, 0.29) is 22.5 Å². The molecule has 6 heteroatoms. The zero-order valence-corrected chi connectivity index (χ0v) is 12.6. The van der Waals surface area contributed by atoms with E-state index < -0.39 is 11.6 Å². The molecule has 0 aliphatic rings. The highest BCUT2D eigenvalue weighted by molar-refractivity contribution is 5.94. The monoisotopic (exact) mass is 315 g/mol. The van der Waals surface area contributed by atoms with Gasteiger partial charge in [0, 0.05) is 11.5 Å². The van der Waals surface area contributed by atoms with Gasteiger partial charge in [0.05, 0.1) is 11.2 Å². The van der Waals surface area contributed by atoms with Crippen LogP contribution < -0.4 is 0 Å². The van der Waals surface area contributed by atoms with Crippen molar-refractivity contribution in [1.29, 1.82) is 0 Å². The summed E-state index contributed by atoms with van der Waals surface area (Å²) in [6.45, 7) is 4.17. The van der Waals surface area contributed by atoms with Gasteiger partial charge in [0.15, 0.2) is 5.69 Å². The minimum absolute atomic E-state index is 0.00587. The maximum Gasteiger partial charge on any atom is 0.218 e. The Morgan fingerprint density at radius 2 is 1.74 bits per heavy atom. The number of nitrogens with one attached hydrogen (secondary N) is 1. The molecule has 3 rings (SSSR count). The van der Waals surface area contributed by atoms with Crippen molar-refractivity contribution in [2.45, 2.75) is 19.8 Å². The smallest absolute Gasteiger partial charge is 0.218 e. The molecule has 23 heavy (non-hydrogen) atoms. The van der Waals surface area contributed by atoms with Gasteiger partial charge in [-0.25, -0.2) is 8.78 Å². The number of halogens is 2. The Kier molecular flexibility index (Phi) is 3.82. The van der Waals surface area contributed by atoms with Crippen molar-refractivity contribution in [1.82, 2.24) is 4.98 Å². The van der Waals surface area contributed by atoms with E-state index in [1.54, 1.807) is 12.1 Å². The minimum Gasteiger partial charge on any atom is -0.493 e. The quantitative estimate of drug-likeness (QED) is 0.599. The molecule has 0 aliphatic carbocycles. The summed E-state index contributed by atoms with van der Waals surface area (Å²) >= 11 is 0. The molecule has 0 unspecified atom stereocenters. The molecule has 0 spiro atoms. The second-order valence-corrected chi connectivity index (χ2v) is 5.58. The predicted octanol–water partition coefficient (Wildman–Crippen LogP) is 5.69. The predicted molar refractivity (Wildman–Crippen MR) is 84.6 cm³/mol. The zero-order valence-electron chi connectivity index (χ0n) is 12.6. The largest absolute Gasteiger partial charge is 0.493 e. The summed E-state index contributed by atoms with van der Waals surface area (Å²) in [5, 5.41) is 17.9. The Bertz CT molecular complexity index is 883. The number of aromatic amines is 1. The second kappa shape index (κ2) is 5.79. The third kappa shape index (κ3) is 2.92. The van der Waals surface area contributed by atoms with Gasteiger partial charge in [0.25, 0.3) is 0 Å². The van der Waals surface area contributed by atoms with Gasteiger partial charge in [-0.05, 0) is 29.7 Å². The van der Waals surface area contributed by atoms with E-state index in [9.17, 15) is 13.9 Å². The fourth-order valence-corrected chi connectivity index (χ4v) is 2.33. The third-order valence-electron chi connectivity index (χ3n) is 3.60. The van der Waals surface area contributed by atoms with Gasteiger partial charge < -0.3 is 10.1 Å². The Hall–Kier alpha value is -2.76. The van der Waals surface area contributed by atoms with Crippen molar-refractivity contribution >= 4 is 22.3 Å². The number of aromatic nitrogens is 1. The van der Waals surface area contributed by atoms with Crippen molar-refractivity contribution in [2.75, 3.05) is 0 Å². The summed E-state index contributed by atoms with van der Waals surface area (Å²) in [4.78, 5) is 2.44. The average molecular weight is 315 g/mol. The first-order chi connectivity index (χ1) is 11.0. The summed E-state index contributed by atoms with van der Waals surface area (Å²) in [7, 11) is 0. The summed E-state index contributed by atoms with van der Waals surface area (Å²) in [6, 6.07) is 9.31. The molecule has 1 aromatic heterocycles. The Morgan fingerprint density at radius 1 is 1.04 bits per heavy atom. The van der Waals surface area contributed by atoms with E-state index in [1.165, 1.54) is 5.56 Å². The van der Waals surface area contributed by atoms with Crippen LogP contribution in [0.5, 0.6) is 5.88 Å². The number of H-pyrrole nitrogens is 1. The van der Waals surface area contributed by atoms with Gasteiger partial charge in [-0.2, -0.15) is 5.11 Å². The van der Waals surface area contributed by atoms with Crippen molar-refractivity contribution in [2.24, 2.45) is 10.2 Å². The molecular formula is C17H15F2N3O. The standard InChI is InChI=1S/C17H15F2N3O/c1-9(2)10-3-5-12(6-4-10)21-22-16-13-7-11(18)8-14(19)15(13)20-17(16)23/h3-9,20,23H,1-2H3. The highest BCUT2D eigenvalue weighted by Gasteiger charge is 2.15. The number of rotatable bonds is 3. The molecule has 0 atom stereocenters. The summed E-state index contributed by atoms with van der Waals surface area (Å²) in [5.74, 6) is -1.48. The lowest BCUT2D eigenvalue weighted by Crippen LogP contribution is -1.84. The van der Waals surface area contributed by atoms with Crippen molar-refractivity contribution in [3.63, 3.8) is 0 Å². The summed E-state index contributed by atoms with van der Waals surface area (Å²) in [5.41, 5.74) is 1.75. The van der Waals surface area contributed by atoms with Gasteiger partial charge in [-0.1, -0.05) is 26.0 Å². The van der Waals surface area contributed by atoms with E-state index >= 15 is 0 Å². The van der Waals surface area contributed by atoms with Crippen LogP contribution in [0.1, 0.15) is 25.3 Å². The minimum atomic E-state index is -0.793. The lowest BCUT2D eigenvalue weighted by Gasteiger charge is -2.03. The van der Waals surface area contributed by atoms with Gasteiger partial charge in [-0.3, -0.25) is 0 Å². The molecule has 0 radical (unpaired) electrons. The Morgan fingerprint density at radius 3 is 2.39 bits per heavy atom. The average Bonchev–Trinajstić information content (AvgIpc) is 2.82. The molecule has 4 nitrogen and oxygen atoms in total. The first-order valence-corrected chi connectivity index (χ1v) is 7.17. The SMILES string of the molecule is CC(C)c1ccc(N=Nc2c(O)[nH]c3c(F)cc(F)cc23)cc1. The number of hydrogen-bond acceptors (Lipinski definition) is 3. The number of benzene rings is 2. The number of hydrogen-bond donors (Lipinski definition) is 2. The van der Waals surface area contributed by atoms with Crippen molar-refractivity contribution in [3.8, 4) is 5.88 Å². The molecular weight excluding hydrogens is 300 g/mol. The maximum atomic E-state index is 13.7. The van der Waals surface area contributed by atoms with Crippen molar-refractivity contribution < 1.29 is 13.9 Å². The van der Waals surface area contributed by atoms with Crippen LogP contribution in [0, 0.1) is 11.6 Å². The first kappa shape index (κ1) is 15.1. The van der Waals surface area contributed by atoms with Crippen LogP contribution in [-0.2, 0) is 0 Å². The molecule has 118 valence electrons. The molecule has 0 bridgehead atoms. The van der Waals surface area contributed by atoms with Crippen LogP contribution in [-0.4, -0.2) is 10.1 Å². The van der Waals surface area contributed by atoms with Gasteiger partial charge in [0.1, 0.15) is 11.6 Å². The lowest BCUT2D eigenvalue weighted by atomic mass is 10.0. The summed E-state index contributed by atoms with van der Waals surface area (Å²) in [6.07, 6.45) is 0. The molecule has 1 heterocycles. The molecule has 2 N–H and O–H groups in total. The molecule has 0 aliphatic heterocycles. The molecule has 0 amide bonds. The molecule has 3 aromatic rings. The van der Waals surface area contributed by atoms with Crippen LogP contribution >= 0.6 is 0 Å². The van der Waals surface area contributed by atoms with Gasteiger partial charge >= 0.3 is 0 Å². The highest BCUT2D eigenvalue weighted by atomic mass is 19.1. The molecule has 2 aromatic carbocycles. The normalized spacial score (nSPS) is 11.9. The fraction of sp³-hybridized carbons (Fsp3) is 0.176.